The second-order valence-corrected chi connectivity index (χ2v) is 6.93. The van der Waals surface area contributed by atoms with Crippen LogP contribution < -0.4 is 16.0 Å². The van der Waals surface area contributed by atoms with Crippen molar-refractivity contribution in [1.29, 1.82) is 0 Å². The molecule has 6 heteroatoms. The van der Waals surface area contributed by atoms with Crippen molar-refractivity contribution < 1.29 is 9.59 Å². The molecule has 5 nitrogen and oxygen atoms in total. The number of rotatable bonds is 7. The third-order valence-corrected chi connectivity index (χ3v) is 4.93. The smallest absolute Gasteiger partial charge is 0.253 e. The standard InChI is InChI=1S/C18H21N3O2S/c1-12(16-7-4-10-24-16)20-17(22)11-19-15-6-3-2-5-14(15)18(23)21-13-8-9-13/h2-7,10,12-13,19H,8-9,11H2,1H3,(H,20,22)(H,21,23). The Morgan fingerprint density at radius 3 is 2.71 bits per heavy atom. The van der Waals surface area contributed by atoms with Gasteiger partial charge in [0.25, 0.3) is 5.91 Å². The maximum atomic E-state index is 12.2. The number of benzene rings is 1. The first-order chi connectivity index (χ1) is 11.6. The van der Waals surface area contributed by atoms with Gasteiger partial charge in [0.1, 0.15) is 0 Å². The summed E-state index contributed by atoms with van der Waals surface area (Å²) in [6, 6.07) is 11.5. The largest absolute Gasteiger partial charge is 0.376 e. The number of carbonyl (C=O) groups is 2. The summed E-state index contributed by atoms with van der Waals surface area (Å²) in [6.45, 7) is 2.09. The molecular formula is C18H21N3O2S. The summed E-state index contributed by atoms with van der Waals surface area (Å²) >= 11 is 1.62. The minimum Gasteiger partial charge on any atom is -0.376 e. The Morgan fingerprint density at radius 2 is 2.00 bits per heavy atom. The van der Waals surface area contributed by atoms with Crippen LogP contribution >= 0.6 is 11.3 Å². The van der Waals surface area contributed by atoms with Crippen molar-refractivity contribution in [2.45, 2.75) is 31.8 Å². The second kappa shape index (κ2) is 7.49. The first-order valence-corrected chi connectivity index (χ1v) is 8.98. The molecule has 2 amide bonds. The van der Waals surface area contributed by atoms with E-state index in [4.69, 9.17) is 0 Å². The Morgan fingerprint density at radius 1 is 1.21 bits per heavy atom. The van der Waals surface area contributed by atoms with Gasteiger partial charge in [0.2, 0.25) is 5.91 Å². The lowest BCUT2D eigenvalue weighted by Crippen LogP contribution is -2.32. The fourth-order valence-corrected chi connectivity index (χ4v) is 3.14. The summed E-state index contributed by atoms with van der Waals surface area (Å²) < 4.78 is 0. The Labute approximate surface area is 145 Å². The van der Waals surface area contributed by atoms with E-state index >= 15 is 0 Å². The Kier molecular flexibility index (Phi) is 5.15. The molecule has 0 spiro atoms. The van der Waals surface area contributed by atoms with Crippen LogP contribution in [0.2, 0.25) is 0 Å². The van der Waals surface area contributed by atoms with Crippen molar-refractivity contribution in [2.24, 2.45) is 0 Å². The van der Waals surface area contributed by atoms with Gasteiger partial charge in [0.15, 0.2) is 0 Å². The molecule has 1 aromatic carbocycles. The fraction of sp³-hybridized carbons (Fsp3) is 0.333. The molecule has 1 atom stereocenters. The summed E-state index contributed by atoms with van der Waals surface area (Å²) in [4.78, 5) is 25.5. The number of anilines is 1. The molecule has 1 aliphatic carbocycles. The van der Waals surface area contributed by atoms with Crippen LogP contribution in [-0.4, -0.2) is 24.4 Å². The lowest BCUT2D eigenvalue weighted by Gasteiger charge is -2.15. The van der Waals surface area contributed by atoms with Gasteiger partial charge in [-0.1, -0.05) is 18.2 Å². The zero-order valence-corrected chi connectivity index (χ0v) is 14.4. The highest BCUT2D eigenvalue weighted by atomic mass is 32.1. The van der Waals surface area contributed by atoms with E-state index in [0.717, 1.165) is 17.7 Å². The lowest BCUT2D eigenvalue weighted by atomic mass is 10.1. The highest BCUT2D eigenvalue weighted by Gasteiger charge is 2.24. The van der Waals surface area contributed by atoms with Gasteiger partial charge in [-0.2, -0.15) is 0 Å². The highest BCUT2D eigenvalue weighted by molar-refractivity contribution is 7.10. The van der Waals surface area contributed by atoms with Crippen LogP contribution in [0.3, 0.4) is 0 Å². The van der Waals surface area contributed by atoms with Crippen molar-refractivity contribution in [3.8, 4) is 0 Å². The van der Waals surface area contributed by atoms with E-state index < -0.39 is 0 Å². The van der Waals surface area contributed by atoms with Gasteiger partial charge < -0.3 is 16.0 Å². The number of hydrogen-bond acceptors (Lipinski definition) is 4. The summed E-state index contributed by atoms with van der Waals surface area (Å²) in [5, 5.41) is 11.0. The summed E-state index contributed by atoms with van der Waals surface area (Å²) in [7, 11) is 0. The first-order valence-electron chi connectivity index (χ1n) is 8.10. The number of thiophene rings is 1. The lowest BCUT2D eigenvalue weighted by molar-refractivity contribution is -0.120. The zero-order valence-electron chi connectivity index (χ0n) is 13.5. The summed E-state index contributed by atoms with van der Waals surface area (Å²) in [5.41, 5.74) is 1.25. The molecule has 24 heavy (non-hydrogen) atoms. The van der Waals surface area contributed by atoms with Gasteiger partial charge >= 0.3 is 0 Å². The van der Waals surface area contributed by atoms with E-state index in [1.807, 2.05) is 42.6 Å². The number of para-hydroxylation sites is 1. The third-order valence-electron chi connectivity index (χ3n) is 3.87. The van der Waals surface area contributed by atoms with Crippen LogP contribution in [-0.2, 0) is 4.79 Å². The van der Waals surface area contributed by atoms with Crippen LogP contribution in [0.25, 0.3) is 0 Å². The van der Waals surface area contributed by atoms with E-state index in [2.05, 4.69) is 16.0 Å². The molecule has 3 rings (SSSR count). The average molecular weight is 343 g/mol. The number of nitrogens with one attached hydrogen (secondary N) is 3. The third kappa shape index (κ3) is 4.35. The average Bonchev–Trinajstić information content (AvgIpc) is 3.22. The number of carbonyl (C=O) groups excluding carboxylic acids is 2. The minimum absolute atomic E-state index is 0.0206. The summed E-state index contributed by atoms with van der Waals surface area (Å²) in [5.74, 6) is -0.193. The molecule has 3 N–H and O–H groups in total. The molecule has 1 fully saturated rings. The van der Waals surface area contributed by atoms with E-state index in [9.17, 15) is 9.59 Å². The van der Waals surface area contributed by atoms with Crippen LogP contribution in [0.1, 0.15) is 41.0 Å². The molecule has 1 aromatic heterocycles. The summed E-state index contributed by atoms with van der Waals surface area (Å²) in [6.07, 6.45) is 2.09. The molecule has 1 unspecified atom stereocenters. The monoisotopic (exact) mass is 343 g/mol. The fourth-order valence-electron chi connectivity index (χ4n) is 2.40. The van der Waals surface area contributed by atoms with Crippen LogP contribution in [0.15, 0.2) is 41.8 Å². The zero-order chi connectivity index (χ0) is 16.9. The van der Waals surface area contributed by atoms with Crippen LogP contribution in [0.5, 0.6) is 0 Å². The van der Waals surface area contributed by atoms with E-state index in [1.165, 1.54) is 0 Å². The van der Waals surface area contributed by atoms with Crippen LogP contribution in [0.4, 0.5) is 5.69 Å². The molecule has 1 saturated carbocycles. The molecule has 2 aromatic rings. The maximum Gasteiger partial charge on any atom is 0.253 e. The second-order valence-electron chi connectivity index (χ2n) is 5.95. The molecule has 0 aliphatic heterocycles. The number of amides is 2. The first kappa shape index (κ1) is 16.5. The number of hydrogen-bond donors (Lipinski definition) is 3. The van der Waals surface area contributed by atoms with Gasteiger partial charge in [-0.25, -0.2) is 0 Å². The topological polar surface area (TPSA) is 70.2 Å². The quantitative estimate of drug-likeness (QED) is 0.724. The van der Waals surface area contributed by atoms with Crippen molar-refractivity contribution >= 4 is 28.8 Å². The molecule has 0 radical (unpaired) electrons. The normalized spacial score (nSPS) is 14.7. The molecule has 0 saturated heterocycles. The van der Waals surface area contributed by atoms with Gasteiger partial charge in [0, 0.05) is 16.6 Å². The molecule has 1 heterocycles. The molecule has 126 valence electrons. The predicted molar refractivity (Wildman–Crippen MR) is 96.3 cm³/mol. The molecule has 1 aliphatic rings. The van der Waals surface area contributed by atoms with Crippen molar-refractivity contribution in [1.82, 2.24) is 10.6 Å². The molecule has 0 bridgehead atoms. The maximum absolute atomic E-state index is 12.2. The minimum atomic E-state index is -0.103. The van der Waals surface area contributed by atoms with E-state index in [0.29, 0.717) is 17.3 Å². The SMILES string of the molecule is CC(NC(=O)CNc1ccccc1C(=O)NC1CC1)c1cccs1. The Bertz CT molecular complexity index is 711. The van der Waals surface area contributed by atoms with Gasteiger partial charge in [0.05, 0.1) is 18.2 Å². The van der Waals surface area contributed by atoms with Crippen molar-refractivity contribution in [2.75, 3.05) is 11.9 Å². The van der Waals surface area contributed by atoms with Gasteiger partial charge in [-0.05, 0) is 43.3 Å². The van der Waals surface area contributed by atoms with E-state index in [-0.39, 0.29) is 24.4 Å². The van der Waals surface area contributed by atoms with Gasteiger partial charge in [-0.15, -0.1) is 11.3 Å². The highest BCUT2D eigenvalue weighted by Crippen LogP contribution is 2.21. The molecular weight excluding hydrogens is 322 g/mol. The van der Waals surface area contributed by atoms with Gasteiger partial charge in [-0.3, -0.25) is 9.59 Å². The van der Waals surface area contributed by atoms with Crippen molar-refractivity contribution in [3.63, 3.8) is 0 Å². The van der Waals surface area contributed by atoms with Crippen LogP contribution in [0, 0.1) is 0 Å². The van der Waals surface area contributed by atoms with Crippen molar-refractivity contribution in [3.05, 3.63) is 52.2 Å². The van der Waals surface area contributed by atoms with E-state index in [1.54, 1.807) is 17.4 Å². The Hall–Kier alpha value is -2.34. The Balaban J connectivity index is 1.55. The predicted octanol–water partition coefficient (Wildman–Crippen LogP) is 2.93.